The molecule has 0 heterocycles. The van der Waals surface area contributed by atoms with Gasteiger partial charge in [0.2, 0.25) is 0 Å². The molecule has 0 aromatic carbocycles. The van der Waals surface area contributed by atoms with Gasteiger partial charge in [0.25, 0.3) is 0 Å². The highest BCUT2D eigenvalue weighted by molar-refractivity contribution is 7.99. The Kier molecular flexibility index (Phi) is 7.73. The summed E-state index contributed by atoms with van der Waals surface area (Å²) < 4.78 is 0. The van der Waals surface area contributed by atoms with Crippen LogP contribution in [0.1, 0.15) is 6.92 Å². The van der Waals surface area contributed by atoms with Crippen molar-refractivity contribution in [2.75, 3.05) is 17.4 Å². The molecule has 0 aliphatic heterocycles. The van der Waals surface area contributed by atoms with Gasteiger partial charge in [0.05, 0.1) is 0 Å². The summed E-state index contributed by atoms with van der Waals surface area (Å²) in [6, 6.07) is 0. The number of rotatable bonds is 4. The number of allylic oxidation sites excluding steroid dienone is 1. The van der Waals surface area contributed by atoms with Gasteiger partial charge in [-0.3, -0.25) is 0 Å². The van der Waals surface area contributed by atoms with Gasteiger partial charge in [-0.25, -0.2) is 0 Å². The molecule has 0 radical (unpaired) electrons. The predicted molar refractivity (Wildman–Crippen MR) is 42.9 cm³/mol. The fourth-order valence-corrected chi connectivity index (χ4v) is 1.23. The number of halogens is 1. The molecule has 0 nitrogen and oxygen atoms in total. The maximum Gasteiger partial charge on any atom is 0.0314 e. The van der Waals surface area contributed by atoms with E-state index in [4.69, 9.17) is 11.6 Å². The second kappa shape index (κ2) is 7.38. The molecule has 0 saturated heterocycles. The lowest BCUT2D eigenvalue weighted by molar-refractivity contribution is 1.52. The Hall–Kier alpha value is 0.380. The fourth-order valence-electron chi connectivity index (χ4n) is 0.302. The minimum atomic E-state index is 0.766. The van der Waals surface area contributed by atoms with Crippen molar-refractivity contribution in [3.8, 4) is 0 Å². The maximum atomic E-state index is 5.44. The SMILES string of the molecule is C/C=C/CSCCCl. The van der Waals surface area contributed by atoms with E-state index in [1.165, 1.54) is 0 Å². The molecule has 0 aliphatic carbocycles. The largest absolute Gasteiger partial charge is 0.157 e. The highest BCUT2D eigenvalue weighted by Gasteiger charge is 1.79. The summed E-state index contributed by atoms with van der Waals surface area (Å²) in [5, 5.41) is 0. The molecule has 8 heavy (non-hydrogen) atoms. The lowest BCUT2D eigenvalue weighted by Crippen LogP contribution is -1.78. The third kappa shape index (κ3) is 6.38. The van der Waals surface area contributed by atoms with E-state index < -0.39 is 0 Å². The van der Waals surface area contributed by atoms with Gasteiger partial charge in [0, 0.05) is 17.4 Å². The first-order chi connectivity index (χ1) is 3.91. The van der Waals surface area contributed by atoms with Crippen LogP contribution < -0.4 is 0 Å². The molecule has 0 saturated carbocycles. The summed E-state index contributed by atoms with van der Waals surface area (Å²) in [6.07, 6.45) is 4.19. The maximum absolute atomic E-state index is 5.44. The average molecular weight is 151 g/mol. The van der Waals surface area contributed by atoms with E-state index in [9.17, 15) is 0 Å². The van der Waals surface area contributed by atoms with Crippen LogP contribution in [0.3, 0.4) is 0 Å². The smallest absolute Gasteiger partial charge is 0.0314 e. The van der Waals surface area contributed by atoms with Crippen molar-refractivity contribution in [2.45, 2.75) is 6.92 Å². The molecule has 2 heteroatoms. The van der Waals surface area contributed by atoms with Crippen LogP contribution in [-0.2, 0) is 0 Å². The molecule has 0 bridgehead atoms. The minimum Gasteiger partial charge on any atom is -0.157 e. The molecule has 0 rings (SSSR count). The highest BCUT2D eigenvalue weighted by atomic mass is 35.5. The molecule has 0 amide bonds. The quantitative estimate of drug-likeness (QED) is 0.337. The van der Waals surface area contributed by atoms with Crippen LogP contribution >= 0.6 is 23.4 Å². The number of hydrogen-bond donors (Lipinski definition) is 0. The van der Waals surface area contributed by atoms with Gasteiger partial charge in [-0.1, -0.05) is 12.2 Å². The van der Waals surface area contributed by atoms with Crippen LogP contribution in [0.2, 0.25) is 0 Å². The van der Waals surface area contributed by atoms with E-state index in [1.54, 1.807) is 0 Å². The molecule has 0 unspecified atom stereocenters. The number of hydrogen-bond acceptors (Lipinski definition) is 1. The lowest BCUT2D eigenvalue weighted by atomic mass is 10.6. The Labute approximate surface area is 60.3 Å². The summed E-state index contributed by atoms with van der Waals surface area (Å²) >= 11 is 7.29. The van der Waals surface area contributed by atoms with Crippen LogP contribution in [0.5, 0.6) is 0 Å². The zero-order valence-electron chi connectivity index (χ0n) is 5.06. The molecular formula is C6H11ClS. The highest BCUT2D eigenvalue weighted by Crippen LogP contribution is 1.99. The standard InChI is InChI=1S/C6H11ClS/c1-2-3-5-8-6-4-7/h2-3H,4-6H2,1H3/b3-2+. The van der Waals surface area contributed by atoms with Crippen molar-refractivity contribution in [1.82, 2.24) is 0 Å². The molecular weight excluding hydrogens is 140 g/mol. The average Bonchev–Trinajstić information content (AvgIpc) is 1.81. The van der Waals surface area contributed by atoms with Crippen molar-refractivity contribution in [3.05, 3.63) is 12.2 Å². The van der Waals surface area contributed by atoms with Crippen LogP contribution in [0.15, 0.2) is 12.2 Å². The minimum absolute atomic E-state index is 0.766. The second-order valence-electron chi connectivity index (χ2n) is 1.33. The first-order valence-corrected chi connectivity index (χ1v) is 4.35. The fraction of sp³-hybridized carbons (Fsp3) is 0.667. The summed E-state index contributed by atoms with van der Waals surface area (Å²) in [5.41, 5.74) is 0. The Morgan fingerprint density at radius 1 is 1.62 bits per heavy atom. The molecule has 0 N–H and O–H groups in total. The Morgan fingerprint density at radius 3 is 2.88 bits per heavy atom. The Morgan fingerprint density at radius 2 is 2.38 bits per heavy atom. The monoisotopic (exact) mass is 150 g/mol. The van der Waals surface area contributed by atoms with Gasteiger partial charge in [-0.2, -0.15) is 11.8 Å². The first kappa shape index (κ1) is 8.38. The molecule has 0 fully saturated rings. The van der Waals surface area contributed by atoms with Gasteiger partial charge in [-0.15, -0.1) is 11.6 Å². The van der Waals surface area contributed by atoms with Gasteiger partial charge >= 0.3 is 0 Å². The van der Waals surface area contributed by atoms with E-state index in [1.807, 2.05) is 18.7 Å². The van der Waals surface area contributed by atoms with Gasteiger partial charge < -0.3 is 0 Å². The van der Waals surface area contributed by atoms with Gasteiger partial charge in [-0.05, 0) is 6.92 Å². The molecule has 0 aromatic rings. The Bertz CT molecular complexity index is 61.5. The second-order valence-corrected chi connectivity index (χ2v) is 2.86. The number of alkyl halides is 1. The van der Waals surface area contributed by atoms with E-state index in [0.29, 0.717) is 0 Å². The third-order valence-electron chi connectivity index (χ3n) is 0.671. The zero-order chi connectivity index (χ0) is 6.24. The predicted octanol–water partition coefficient (Wildman–Crippen LogP) is 2.53. The van der Waals surface area contributed by atoms with E-state index in [2.05, 4.69) is 12.2 Å². The third-order valence-corrected chi connectivity index (χ3v) is 2.01. The molecule has 0 spiro atoms. The van der Waals surface area contributed by atoms with E-state index >= 15 is 0 Å². The van der Waals surface area contributed by atoms with Crippen molar-refractivity contribution in [3.63, 3.8) is 0 Å². The topological polar surface area (TPSA) is 0 Å². The summed E-state index contributed by atoms with van der Waals surface area (Å²) in [5.74, 6) is 2.93. The molecule has 48 valence electrons. The normalized spacial score (nSPS) is 10.8. The van der Waals surface area contributed by atoms with Gasteiger partial charge in [0.1, 0.15) is 0 Å². The van der Waals surface area contributed by atoms with Crippen LogP contribution in [0.4, 0.5) is 0 Å². The molecule has 0 atom stereocenters. The zero-order valence-corrected chi connectivity index (χ0v) is 6.63. The Balaban J connectivity index is 2.72. The van der Waals surface area contributed by atoms with Gasteiger partial charge in [0.15, 0.2) is 0 Å². The first-order valence-electron chi connectivity index (χ1n) is 2.66. The van der Waals surface area contributed by atoms with Crippen LogP contribution in [0, 0.1) is 0 Å². The lowest BCUT2D eigenvalue weighted by Gasteiger charge is -1.88. The van der Waals surface area contributed by atoms with Crippen molar-refractivity contribution < 1.29 is 0 Å². The van der Waals surface area contributed by atoms with Crippen molar-refractivity contribution >= 4 is 23.4 Å². The van der Waals surface area contributed by atoms with Crippen molar-refractivity contribution in [1.29, 1.82) is 0 Å². The summed E-state index contributed by atoms with van der Waals surface area (Å²) in [7, 11) is 0. The molecule has 0 aliphatic rings. The summed E-state index contributed by atoms with van der Waals surface area (Å²) in [4.78, 5) is 0. The number of thioether (sulfide) groups is 1. The van der Waals surface area contributed by atoms with E-state index in [0.717, 1.165) is 17.4 Å². The van der Waals surface area contributed by atoms with Crippen LogP contribution in [-0.4, -0.2) is 17.4 Å². The van der Waals surface area contributed by atoms with E-state index in [-0.39, 0.29) is 0 Å². The molecule has 0 aromatic heterocycles. The van der Waals surface area contributed by atoms with Crippen LogP contribution in [0.25, 0.3) is 0 Å². The van der Waals surface area contributed by atoms with Crippen molar-refractivity contribution in [2.24, 2.45) is 0 Å². The summed E-state index contributed by atoms with van der Waals surface area (Å²) in [6.45, 7) is 2.03.